The van der Waals surface area contributed by atoms with Crippen LogP contribution in [-0.2, 0) is 4.79 Å². The number of pyridine rings is 1. The molecule has 1 saturated carbocycles. The molecule has 128 valence electrons. The summed E-state index contributed by atoms with van der Waals surface area (Å²) in [6.07, 6.45) is 7.29. The predicted molar refractivity (Wildman–Crippen MR) is 102 cm³/mol. The number of anilines is 2. The van der Waals surface area contributed by atoms with E-state index >= 15 is 0 Å². The van der Waals surface area contributed by atoms with Gasteiger partial charge in [-0.15, -0.1) is 0 Å². The van der Waals surface area contributed by atoms with Gasteiger partial charge in [0, 0.05) is 23.4 Å². The quantitative estimate of drug-likeness (QED) is 0.682. The Labute approximate surface area is 150 Å². The van der Waals surface area contributed by atoms with Crippen molar-refractivity contribution < 1.29 is 4.79 Å². The summed E-state index contributed by atoms with van der Waals surface area (Å²) >= 11 is 1.31. The lowest BCUT2D eigenvalue weighted by molar-refractivity contribution is -0.120. The molecular formula is C19H20N4OS. The van der Waals surface area contributed by atoms with E-state index in [2.05, 4.69) is 14.7 Å². The van der Waals surface area contributed by atoms with E-state index < -0.39 is 0 Å². The predicted octanol–water partition coefficient (Wildman–Crippen LogP) is 4.46. The summed E-state index contributed by atoms with van der Waals surface area (Å²) in [4.78, 5) is 17.8. The smallest absolute Gasteiger partial charge is 0.228 e. The van der Waals surface area contributed by atoms with E-state index in [4.69, 9.17) is 5.73 Å². The monoisotopic (exact) mass is 352 g/mol. The Morgan fingerprint density at radius 2 is 1.88 bits per heavy atom. The van der Waals surface area contributed by atoms with Crippen LogP contribution in [0.1, 0.15) is 32.1 Å². The van der Waals surface area contributed by atoms with Crippen molar-refractivity contribution in [3.63, 3.8) is 0 Å². The number of nitrogens with zero attached hydrogens (tertiary/aromatic N) is 2. The first-order valence-electron chi connectivity index (χ1n) is 8.63. The van der Waals surface area contributed by atoms with Crippen LogP contribution in [0.2, 0.25) is 0 Å². The zero-order chi connectivity index (χ0) is 17.2. The normalized spacial score (nSPS) is 15.4. The number of benzene rings is 1. The van der Waals surface area contributed by atoms with Gasteiger partial charge in [-0.2, -0.15) is 4.37 Å². The summed E-state index contributed by atoms with van der Waals surface area (Å²) in [5, 5.41) is 3.91. The van der Waals surface area contributed by atoms with Crippen LogP contribution in [0.15, 0.2) is 36.5 Å². The molecule has 3 N–H and O–H groups in total. The van der Waals surface area contributed by atoms with Crippen LogP contribution in [-0.4, -0.2) is 15.3 Å². The van der Waals surface area contributed by atoms with Crippen molar-refractivity contribution in [2.45, 2.75) is 32.1 Å². The number of hydrogen-bond donors (Lipinski definition) is 2. The van der Waals surface area contributed by atoms with Gasteiger partial charge in [-0.3, -0.25) is 4.79 Å². The average molecular weight is 352 g/mol. The second-order valence-electron chi connectivity index (χ2n) is 6.55. The molecule has 3 aromatic rings. The number of carbonyl (C=O) groups excluding carboxylic acids is 1. The molecule has 2 aromatic heterocycles. The molecule has 0 aliphatic heterocycles. The molecule has 0 radical (unpaired) electrons. The molecule has 2 heterocycles. The van der Waals surface area contributed by atoms with Crippen molar-refractivity contribution in [2.75, 3.05) is 11.1 Å². The molecule has 0 saturated heterocycles. The Morgan fingerprint density at radius 3 is 2.64 bits per heavy atom. The molecule has 4 rings (SSSR count). The van der Waals surface area contributed by atoms with Crippen molar-refractivity contribution in [3.05, 3.63) is 36.5 Å². The van der Waals surface area contributed by atoms with Crippen molar-refractivity contribution in [1.82, 2.24) is 9.36 Å². The standard InChI is InChI=1S/C19H20N4OS/c20-15-8-6-12(7-9-15)14-10-16-17(23-25-19(16)21-11-14)22-18(24)13-4-2-1-3-5-13/h6-11,13H,1-5,20H2,(H,22,23,24). The summed E-state index contributed by atoms with van der Waals surface area (Å²) in [6, 6.07) is 9.72. The first-order chi connectivity index (χ1) is 12.2. The number of aromatic nitrogens is 2. The minimum Gasteiger partial charge on any atom is -0.399 e. The van der Waals surface area contributed by atoms with Crippen molar-refractivity contribution >= 4 is 39.2 Å². The average Bonchev–Trinajstić information content (AvgIpc) is 3.05. The number of nitrogens with one attached hydrogen (secondary N) is 1. The summed E-state index contributed by atoms with van der Waals surface area (Å²) in [6.45, 7) is 0. The highest BCUT2D eigenvalue weighted by atomic mass is 32.1. The zero-order valence-corrected chi connectivity index (χ0v) is 14.7. The molecular weight excluding hydrogens is 332 g/mol. The maximum absolute atomic E-state index is 12.5. The van der Waals surface area contributed by atoms with Crippen molar-refractivity contribution in [2.24, 2.45) is 5.92 Å². The van der Waals surface area contributed by atoms with Crippen LogP contribution < -0.4 is 11.1 Å². The maximum atomic E-state index is 12.5. The van der Waals surface area contributed by atoms with Gasteiger partial charge in [0.15, 0.2) is 5.82 Å². The minimum atomic E-state index is 0.0878. The topological polar surface area (TPSA) is 80.9 Å². The lowest BCUT2D eigenvalue weighted by atomic mass is 9.89. The van der Waals surface area contributed by atoms with E-state index in [1.165, 1.54) is 18.0 Å². The van der Waals surface area contributed by atoms with Crippen molar-refractivity contribution in [3.8, 4) is 11.1 Å². The third-order valence-corrected chi connectivity index (χ3v) is 5.56. The van der Waals surface area contributed by atoms with Gasteiger partial charge in [0.2, 0.25) is 5.91 Å². The lowest BCUT2D eigenvalue weighted by Crippen LogP contribution is -2.24. The second-order valence-corrected chi connectivity index (χ2v) is 7.31. The number of fused-ring (bicyclic) bond motifs is 1. The summed E-state index contributed by atoms with van der Waals surface area (Å²) in [5.74, 6) is 0.823. The van der Waals surface area contributed by atoms with Gasteiger partial charge in [0.25, 0.3) is 0 Å². The van der Waals surface area contributed by atoms with Gasteiger partial charge < -0.3 is 11.1 Å². The van der Waals surface area contributed by atoms with Crippen molar-refractivity contribution in [1.29, 1.82) is 0 Å². The minimum absolute atomic E-state index is 0.0878. The fraction of sp³-hybridized carbons (Fsp3) is 0.316. The zero-order valence-electron chi connectivity index (χ0n) is 13.9. The molecule has 6 heteroatoms. The Kier molecular flexibility index (Phi) is 4.36. The fourth-order valence-corrected chi connectivity index (χ4v) is 4.02. The molecule has 0 atom stereocenters. The van der Waals surface area contributed by atoms with Crippen LogP contribution >= 0.6 is 11.5 Å². The highest BCUT2D eigenvalue weighted by Gasteiger charge is 2.22. The fourth-order valence-electron chi connectivity index (χ4n) is 3.34. The Hall–Kier alpha value is -2.47. The molecule has 1 aliphatic carbocycles. The molecule has 1 amide bonds. The molecule has 1 aromatic carbocycles. The number of amides is 1. The molecule has 0 bridgehead atoms. The molecule has 1 fully saturated rings. The number of hydrogen-bond acceptors (Lipinski definition) is 5. The highest BCUT2D eigenvalue weighted by molar-refractivity contribution is 7.13. The van der Waals surface area contributed by atoms with E-state index in [1.807, 2.05) is 36.5 Å². The molecule has 5 nitrogen and oxygen atoms in total. The maximum Gasteiger partial charge on any atom is 0.228 e. The molecule has 25 heavy (non-hydrogen) atoms. The van der Waals surface area contributed by atoms with E-state index in [0.717, 1.165) is 52.7 Å². The first-order valence-corrected chi connectivity index (χ1v) is 9.40. The van der Waals surface area contributed by atoms with Crippen LogP contribution in [0.4, 0.5) is 11.5 Å². The van der Waals surface area contributed by atoms with Crippen LogP contribution in [0, 0.1) is 5.92 Å². The summed E-state index contributed by atoms with van der Waals surface area (Å²) < 4.78 is 4.41. The van der Waals surface area contributed by atoms with Crippen LogP contribution in [0.25, 0.3) is 21.3 Å². The van der Waals surface area contributed by atoms with E-state index in [9.17, 15) is 4.79 Å². The largest absolute Gasteiger partial charge is 0.399 e. The molecule has 0 spiro atoms. The second kappa shape index (κ2) is 6.80. The first kappa shape index (κ1) is 16.0. The Balaban J connectivity index is 1.62. The van der Waals surface area contributed by atoms with Gasteiger partial charge >= 0.3 is 0 Å². The Morgan fingerprint density at radius 1 is 1.12 bits per heavy atom. The van der Waals surface area contributed by atoms with E-state index in [-0.39, 0.29) is 11.8 Å². The van der Waals surface area contributed by atoms with Gasteiger partial charge in [0.1, 0.15) is 4.83 Å². The van der Waals surface area contributed by atoms with Crippen LogP contribution in [0.5, 0.6) is 0 Å². The number of rotatable bonds is 3. The number of carbonyl (C=O) groups is 1. The third kappa shape index (κ3) is 3.35. The van der Waals surface area contributed by atoms with Gasteiger partial charge in [0.05, 0.1) is 5.39 Å². The van der Waals surface area contributed by atoms with Gasteiger partial charge in [-0.25, -0.2) is 4.98 Å². The number of nitrogen functional groups attached to an aromatic ring is 1. The Bertz CT molecular complexity index is 897. The lowest BCUT2D eigenvalue weighted by Gasteiger charge is -2.20. The SMILES string of the molecule is Nc1ccc(-c2cnc3snc(NC(=O)C4CCCCC4)c3c2)cc1. The molecule has 1 aliphatic rings. The third-order valence-electron chi connectivity index (χ3n) is 4.79. The molecule has 0 unspecified atom stereocenters. The number of nitrogens with two attached hydrogens (primary N) is 1. The highest BCUT2D eigenvalue weighted by Crippen LogP contribution is 2.31. The van der Waals surface area contributed by atoms with E-state index in [0.29, 0.717) is 5.82 Å². The van der Waals surface area contributed by atoms with Gasteiger partial charge in [-0.05, 0) is 48.1 Å². The van der Waals surface area contributed by atoms with Gasteiger partial charge in [-0.1, -0.05) is 31.4 Å². The summed E-state index contributed by atoms with van der Waals surface area (Å²) in [7, 11) is 0. The summed E-state index contributed by atoms with van der Waals surface area (Å²) in [5.41, 5.74) is 8.52. The van der Waals surface area contributed by atoms with Crippen LogP contribution in [0.3, 0.4) is 0 Å². The van der Waals surface area contributed by atoms with E-state index in [1.54, 1.807) is 0 Å².